The van der Waals surface area contributed by atoms with Crippen molar-refractivity contribution in [3.8, 4) is 11.1 Å². The van der Waals surface area contributed by atoms with E-state index in [0.29, 0.717) is 23.6 Å². The van der Waals surface area contributed by atoms with Crippen LogP contribution in [0.3, 0.4) is 0 Å². The highest BCUT2D eigenvalue weighted by atomic mass is 16.5. The molecule has 0 radical (unpaired) electrons. The van der Waals surface area contributed by atoms with Gasteiger partial charge in [0, 0.05) is 25.3 Å². The fourth-order valence-corrected chi connectivity index (χ4v) is 3.05. The maximum atomic E-state index is 12.4. The molecule has 0 aliphatic carbocycles. The first-order valence-corrected chi connectivity index (χ1v) is 8.82. The Morgan fingerprint density at radius 2 is 1.77 bits per heavy atom. The van der Waals surface area contributed by atoms with Gasteiger partial charge in [0.2, 0.25) is 0 Å². The quantitative estimate of drug-likeness (QED) is 0.838. The maximum absolute atomic E-state index is 12.4. The van der Waals surface area contributed by atoms with Crippen LogP contribution in [0.1, 0.15) is 33.6 Å². The van der Waals surface area contributed by atoms with Crippen molar-refractivity contribution in [3.05, 3.63) is 59.7 Å². The summed E-state index contributed by atoms with van der Waals surface area (Å²) in [6.07, 6.45) is 1.99. The van der Waals surface area contributed by atoms with Gasteiger partial charge >= 0.3 is 5.97 Å². The van der Waals surface area contributed by atoms with Gasteiger partial charge in [0.1, 0.15) is 0 Å². The maximum Gasteiger partial charge on any atom is 0.337 e. The Hall–Kier alpha value is -2.66. The van der Waals surface area contributed by atoms with Crippen molar-refractivity contribution in [3.63, 3.8) is 0 Å². The van der Waals surface area contributed by atoms with Crippen molar-refractivity contribution in [1.82, 2.24) is 5.32 Å². The van der Waals surface area contributed by atoms with Crippen LogP contribution in [0.25, 0.3) is 11.1 Å². The molecule has 26 heavy (non-hydrogen) atoms. The number of methoxy groups -OCH3 is 1. The van der Waals surface area contributed by atoms with Crippen LogP contribution >= 0.6 is 0 Å². The lowest BCUT2D eigenvalue weighted by Crippen LogP contribution is -2.32. The predicted molar refractivity (Wildman–Crippen MR) is 99.1 cm³/mol. The summed E-state index contributed by atoms with van der Waals surface area (Å²) in [6.45, 7) is 2.23. The summed E-state index contributed by atoms with van der Waals surface area (Å²) < 4.78 is 10.1. The van der Waals surface area contributed by atoms with Crippen LogP contribution in [0.5, 0.6) is 0 Å². The van der Waals surface area contributed by atoms with E-state index in [9.17, 15) is 9.59 Å². The van der Waals surface area contributed by atoms with Gasteiger partial charge < -0.3 is 14.8 Å². The molecule has 1 aliphatic heterocycles. The zero-order chi connectivity index (χ0) is 18.4. The SMILES string of the molecule is COC(=O)c1ccc(-c2cccc(C(=O)NCC3CCOCC3)c2)cc1. The molecule has 0 spiro atoms. The summed E-state index contributed by atoms with van der Waals surface area (Å²) in [6, 6.07) is 14.6. The molecule has 1 saturated heterocycles. The van der Waals surface area contributed by atoms with Crippen LogP contribution < -0.4 is 5.32 Å². The lowest BCUT2D eigenvalue weighted by molar-refractivity contribution is 0.0600. The summed E-state index contributed by atoms with van der Waals surface area (Å²) in [5.74, 6) is 0.0593. The summed E-state index contributed by atoms with van der Waals surface area (Å²) in [7, 11) is 1.36. The molecule has 0 bridgehead atoms. The topological polar surface area (TPSA) is 64.6 Å². The summed E-state index contributed by atoms with van der Waals surface area (Å²) >= 11 is 0. The fraction of sp³-hybridized carbons (Fsp3) is 0.333. The molecule has 0 saturated carbocycles. The molecule has 1 aliphatic rings. The Kier molecular flexibility index (Phi) is 6.02. The molecule has 3 rings (SSSR count). The van der Waals surface area contributed by atoms with E-state index < -0.39 is 0 Å². The number of hydrogen-bond donors (Lipinski definition) is 1. The summed E-state index contributed by atoms with van der Waals surface area (Å²) in [4.78, 5) is 24.0. The lowest BCUT2D eigenvalue weighted by atomic mass is 9.99. The third kappa shape index (κ3) is 4.49. The largest absolute Gasteiger partial charge is 0.465 e. The predicted octanol–water partition coefficient (Wildman–Crippen LogP) is 3.30. The number of hydrogen-bond acceptors (Lipinski definition) is 4. The number of esters is 1. The van der Waals surface area contributed by atoms with Crippen LogP contribution in [0.15, 0.2) is 48.5 Å². The van der Waals surface area contributed by atoms with Crippen molar-refractivity contribution >= 4 is 11.9 Å². The Balaban J connectivity index is 1.67. The highest BCUT2D eigenvalue weighted by Gasteiger charge is 2.15. The van der Waals surface area contributed by atoms with Gasteiger partial charge in [0.15, 0.2) is 0 Å². The van der Waals surface area contributed by atoms with E-state index in [1.165, 1.54) is 7.11 Å². The van der Waals surface area contributed by atoms with E-state index in [-0.39, 0.29) is 11.9 Å². The smallest absolute Gasteiger partial charge is 0.337 e. The van der Waals surface area contributed by atoms with Gasteiger partial charge in [-0.3, -0.25) is 4.79 Å². The first-order chi connectivity index (χ1) is 12.7. The number of amides is 1. The molecular weight excluding hydrogens is 330 g/mol. The lowest BCUT2D eigenvalue weighted by Gasteiger charge is -2.22. The normalized spacial score (nSPS) is 14.7. The van der Waals surface area contributed by atoms with E-state index in [1.54, 1.807) is 12.1 Å². The fourth-order valence-electron chi connectivity index (χ4n) is 3.05. The summed E-state index contributed by atoms with van der Waals surface area (Å²) in [5.41, 5.74) is 3.00. The van der Waals surface area contributed by atoms with E-state index in [1.807, 2.05) is 36.4 Å². The Morgan fingerprint density at radius 1 is 1.04 bits per heavy atom. The average molecular weight is 353 g/mol. The van der Waals surface area contributed by atoms with Gasteiger partial charge in [-0.1, -0.05) is 24.3 Å². The zero-order valence-electron chi connectivity index (χ0n) is 14.9. The van der Waals surface area contributed by atoms with E-state index >= 15 is 0 Å². The standard InChI is InChI=1S/C21H23NO4/c1-25-21(24)17-7-5-16(6-8-17)18-3-2-4-19(13-18)20(23)22-14-15-9-11-26-12-10-15/h2-8,13,15H,9-12,14H2,1H3,(H,22,23). The van der Waals surface area contributed by atoms with E-state index in [2.05, 4.69) is 5.32 Å². The highest BCUT2D eigenvalue weighted by molar-refractivity contribution is 5.95. The molecule has 0 aromatic heterocycles. The molecule has 0 atom stereocenters. The summed E-state index contributed by atoms with van der Waals surface area (Å²) in [5, 5.41) is 3.02. The molecule has 0 unspecified atom stereocenters. The molecule has 5 nitrogen and oxygen atoms in total. The van der Waals surface area contributed by atoms with Crippen molar-refractivity contribution in [2.75, 3.05) is 26.9 Å². The van der Waals surface area contributed by atoms with Gasteiger partial charge in [-0.2, -0.15) is 0 Å². The second-order valence-electron chi connectivity index (χ2n) is 6.42. The third-order valence-electron chi connectivity index (χ3n) is 4.66. The second-order valence-corrected chi connectivity index (χ2v) is 6.42. The monoisotopic (exact) mass is 353 g/mol. The number of carbonyl (C=O) groups excluding carboxylic acids is 2. The van der Waals surface area contributed by atoms with Gasteiger partial charge in [0.05, 0.1) is 12.7 Å². The Bertz CT molecular complexity index is 764. The first-order valence-electron chi connectivity index (χ1n) is 8.82. The molecule has 1 amide bonds. The molecule has 5 heteroatoms. The highest BCUT2D eigenvalue weighted by Crippen LogP contribution is 2.21. The molecule has 1 N–H and O–H groups in total. The molecule has 2 aromatic rings. The van der Waals surface area contributed by atoms with Crippen LogP contribution in [0.4, 0.5) is 0 Å². The molecule has 2 aromatic carbocycles. The minimum atomic E-state index is -0.363. The minimum absolute atomic E-state index is 0.0653. The van der Waals surface area contributed by atoms with Gasteiger partial charge in [-0.15, -0.1) is 0 Å². The molecular formula is C21H23NO4. The van der Waals surface area contributed by atoms with Gasteiger partial charge in [0.25, 0.3) is 5.91 Å². The van der Waals surface area contributed by atoms with Crippen molar-refractivity contribution in [2.24, 2.45) is 5.92 Å². The average Bonchev–Trinajstić information content (AvgIpc) is 2.72. The third-order valence-corrected chi connectivity index (χ3v) is 4.66. The molecule has 136 valence electrons. The number of nitrogens with one attached hydrogen (secondary N) is 1. The van der Waals surface area contributed by atoms with E-state index in [0.717, 1.165) is 37.2 Å². The van der Waals surface area contributed by atoms with Crippen molar-refractivity contribution in [2.45, 2.75) is 12.8 Å². The first kappa shape index (κ1) is 18.1. The molecule has 1 fully saturated rings. The van der Waals surface area contributed by atoms with Gasteiger partial charge in [-0.25, -0.2) is 4.79 Å². The van der Waals surface area contributed by atoms with Crippen LogP contribution in [-0.2, 0) is 9.47 Å². The Labute approximate surface area is 153 Å². The van der Waals surface area contributed by atoms with Crippen LogP contribution in [-0.4, -0.2) is 38.7 Å². The van der Waals surface area contributed by atoms with E-state index in [4.69, 9.17) is 9.47 Å². The van der Waals surface area contributed by atoms with Crippen molar-refractivity contribution < 1.29 is 19.1 Å². The number of benzene rings is 2. The van der Waals surface area contributed by atoms with Gasteiger partial charge in [-0.05, 0) is 54.2 Å². The number of rotatable bonds is 5. The molecule has 1 heterocycles. The zero-order valence-corrected chi connectivity index (χ0v) is 14.9. The van der Waals surface area contributed by atoms with Crippen molar-refractivity contribution in [1.29, 1.82) is 0 Å². The Morgan fingerprint density at radius 3 is 2.46 bits per heavy atom. The minimum Gasteiger partial charge on any atom is -0.465 e. The number of carbonyl (C=O) groups is 2. The number of ether oxygens (including phenoxy) is 2. The van der Waals surface area contributed by atoms with Crippen LogP contribution in [0, 0.1) is 5.92 Å². The van der Waals surface area contributed by atoms with Crippen LogP contribution in [0.2, 0.25) is 0 Å². The second kappa shape index (κ2) is 8.63.